The Bertz CT molecular complexity index is 309. The van der Waals surface area contributed by atoms with Gasteiger partial charge in [0.2, 0.25) is 5.91 Å². The predicted molar refractivity (Wildman–Crippen MR) is 74.8 cm³/mol. The fourth-order valence-electron chi connectivity index (χ4n) is 3.17. The van der Waals surface area contributed by atoms with Gasteiger partial charge >= 0.3 is 5.97 Å². The number of carbonyl (C=O) groups is 2. The Balaban J connectivity index is 2.58. The van der Waals surface area contributed by atoms with Crippen LogP contribution in [0.2, 0.25) is 0 Å². The summed E-state index contributed by atoms with van der Waals surface area (Å²) in [5.41, 5.74) is 0.321. The molecule has 0 heterocycles. The van der Waals surface area contributed by atoms with E-state index in [1.165, 1.54) is 6.92 Å². The number of carboxylic acids is 1. The van der Waals surface area contributed by atoms with Crippen molar-refractivity contribution < 1.29 is 14.7 Å². The maximum absolute atomic E-state index is 11.2. The molecular weight excluding hydrogens is 242 g/mol. The fourth-order valence-corrected chi connectivity index (χ4v) is 3.17. The summed E-state index contributed by atoms with van der Waals surface area (Å²) in [6.07, 6.45) is 4.32. The van der Waals surface area contributed by atoms with Crippen LogP contribution in [0.3, 0.4) is 0 Å². The van der Waals surface area contributed by atoms with E-state index in [4.69, 9.17) is 5.11 Å². The van der Waals surface area contributed by atoms with Crippen molar-refractivity contribution in [1.82, 2.24) is 5.32 Å². The summed E-state index contributed by atoms with van der Waals surface area (Å²) in [4.78, 5) is 22.1. The summed E-state index contributed by atoms with van der Waals surface area (Å²) in [5, 5.41) is 11.8. The number of rotatable bonds is 4. The second kappa shape index (κ2) is 6.40. The molecule has 4 nitrogen and oxygen atoms in total. The standard InChI is InChI=1S/C15H27NO3/c1-10(17)16-13(9-14(18)19)11-5-7-12(8-6-11)15(2,3)4/h11-13H,5-9H2,1-4H3,(H,16,17)(H,18,19)/t11?,12?,13-/m0/s1. The number of aliphatic carboxylic acids is 1. The molecule has 0 spiro atoms. The average Bonchev–Trinajstić information content (AvgIpc) is 2.26. The molecule has 0 aromatic carbocycles. The molecule has 4 heteroatoms. The first-order chi connectivity index (χ1) is 8.70. The third-order valence-corrected chi connectivity index (χ3v) is 4.35. The molecule has 0 bridgehead atoms. The maximum atomic E-state index is 11.2. The van der Waals surface area contributed by atoms with Crippen LogP contribution in [-0.4, -0.2) is 23.0 Å². The van der Waals surface area contributed by atoms with E-state index in [-0.39, 0.29) is 18.4 Å². The van der Waals surface area contributed by atoms with Crippen molar-refractivity contribution in [3.63, 3.8) is 0 Å². The predicted octanol–water partition coefficient (Wildman–Crippen LogP) is 2.82. The lowest BCUT2D eigenvalue weighted by atomic mass is 9.68. The topological polar surface area (TPSA) is 66.4 Å². The van der Waals surface area contributed by atoms with Crippen molar-refractivity contribution in [2.24, 2.45) is 17.3 Å². The van der Waals surface area contributed by atoms with Crippen molar-refractivity contribution in [3.05, 3.63) is 0 Å². The molecule has 1 rings (SSSR count). The van der Waals surface area contributed by atoms with Crippen molar-refractivity contribution >= 4 is 11.9 Å². The average molecular weight is 269 g/mol. The normalized spacial score (nSPS) is 25.7. The number of nitrogens with one attached hydrogen (secondary N) is 1. The highest BCUT2D eigenvalue weighted by atomic mass is 16.4. The van der Waals surface area contributed by atoms with Crippen LogP contribution in [0.25, 0.3) is 0 Å². The molecule has 1 amide bonds. The summed E-state index contributed by atoms with van der Waals surface area (Å²) in [7, 11) is 0. The summed E-state index contributed by atoms with van der Waals surface area (Å²) < 4.78 is 0. The van der Waals surface area contributed by atoms with Gasteiger partial charge in [0.15, 0.2) is 0 Å². The molecule has 0 aliphatic heterocycles. The van der Waals surface area contributed by atoms with Crippen LogP contribution >= 0.6 is 0 Å². The Morgan fingerprint density at radius 2 is 1.74 bits per heavy atom. The lowest BCUT2D eigenvalue weighted by Crippen LogP contribution is -2.42. The van der Waals surface area contributed by atoms with E-state index < -0.39 is 5.97 Å². The second-order valence-corrected chi connectivity index (χ2v) is 6.88. The third-order valence-electron chi connectivity index (χ3n) is 4.35. The molecule has 1 saturated carbocycles. The van der Waals surface area contributed by atoms with Gasteiger partial charge in [0.05, 0.1) is 6.42 Å². The molecule has 1 aliphatic rings. The molecule has 19 heavy (non-hydrogen) atoms. The van der Waals surface area contributed by atoms with Crippen LogP contribution in [0, 0.1) is 17.3 Å². The summed E-state index contributed by atoms with van der Waals surface area (Å²) in [5.74, 6) is 0.0334. The number of amides is 1. The molecule has 0 aromatic heterocycles. The van der Waals surface area contributed by atoms with Gasteiger partial charge in [0.1, 0.15) is 0 Å². The minimum absolute atomic E-state index is 0.0322. The van der Waals surface area contributed by atoms with Crippen LogP contribution < -0.4 is 5.32 Å². The van der Waals surface area contributed by atoms with Crippen molar-refractivity contribution in [2.45, 2.75) is 65.8 Å². The van der Waals surface area contributed by atoms with Crippen molar-refractivity contribution in [2.75, 3.05) is 0 Å². The second-order valence-electron chi connectivity index (χ2n) is 6.88. The Morgan fingerprint density at radius 1 is 1.21 bits per heavy atom. The van der Waals surface area contributed by atoms with Gasteiger partial charge in [0, 0.05) is 13.0 Å². The van der Waals surface area contributed by atoms with Crippen molar-refractivity contribution in [1.29, 1.82) is 0 Å². The van der Waals surface area contributed by atoms with Crippen LogP contribution in [0.4, 0.5) is 0 Å². The Kier molecular flexibility index (Phi) is 5.39. The van der Waals surface area contributed by atoms with Gasteiger partial charge in [-0.05, 0) is 42.9 Å². The highest BCUT2D eigenvalue weighted by Gasteiger charge is 2.33. The van der Waals surface area contributed by atoms with E-state index in [1.807, 2.05) is 0 Å². The van der Waals surface area contributed by atoms with E-state index in [0.717, 1.165) is 25.7 Å². The van der Waals surface area contributed by atoms with Gasteiger partial charge in [-0.25, -0.2) is 0 Å². The Labute approximate surface area is 116 Å². The molecule has 0 radical (unpaired) electrons. The van der Waals surface area contributed by atoms with E-state index in [1.54, 1.807) is 0 Å². The zero-order chi connectivity index (χ0) is 14.6. The van der Waals surface area contributed by atoms with Gasteiger partial charge in [-0.2, -0.15) is 0 Å². The Morgan fingerprint density at radius 3 is 2.11 bits per heavy atom. The minimum Gasteiger partial charge on any atom is -0.481 e. The lowest BCUT2D eigenvalue weighted by Gasteiger charge is -2.39. The van der Waals surface area contributed by atoms with Crippen LogP contribution in [0.5, 0.6) is 0 Å². The van der Waals surface area contributed by atoms with E-state index in [9.17, 15) is 9.59 Å². The number of carbonyl (C=O) groups excluding carboxylic acids is 1. The van der Waals surface area contributed by atoms with E-state index in [0.29, 0.717) is 17.3 Å². The molecule has 0 aromatic rings. The fraction of sp³-hybridized carbons (Fsp3) is 0.867. The molecule has 1 atom stereocenters. The highest BCUT2D eigenvalue weighted by Crippen LogP contribution is 2.41. The minimum atomic E-state index is -0.836. The molecular formula is C15H27NO3. The molecule has 0 unspecified atom stereocenters. The zero-order valence-corrected chi connectivity index (χ0v) is 12.5. The van der Waals surface area contributed by atoms with Gasteiger partial charge < -0.3 is 10.4 Å². The largest absolute Gasteiger partial charge is 0.481 e. The smallest absolute Gasteiger partial charge is 0.305 e. The SMILES string of the molecule is CC(=O)N[C@@H](CC(=O)O)C1CCC(C(C)(C)C)CC1. The van der Waals surface area contributed by atoms with E-state index >= 15 is 0 Å². The number of hydrogen-bond donors (Lipinski definition) is 2. The van der Waals surface area contributed by atoms with Gasteiger partial charge in [-0.15, -0.1) is 0 Å². The number of hydrogen-bond acceptors (Lipinski definition) is 2. The van der Waals surface area contributed by atoms with Crippen molar-refractivity contribution in [3.8, 4) is 0 Å². The van der Waals surface area contributed by atoms with Gasteiger partial charge in [-0.1, -0.05) is 20.8 Å². The molecule has 1 aliphatic carbocycles. The highest BCUT2D eigenvalue weighted by molar-refractivity contribution is 5.75. The summed E-state index contributed by atoms with van der Waals surface area (Å²) in [6.45, 7) is 8.25. The maximum Gasteiger partial charge on any atom is 0.305 e. The van der Waals surface area contributed by atoms with E-state index in [2.05, 4.69) is 26.1 Å². The third kappa shape index (κ3) is 5.21. The zero-order valence-electron chi connectivity index (χ0n) is 12.5. The van der Waals surface area contributed by atoms with Gasteiger partial charge in [0.25, 0.3) is 0 Å². The molecule has 0 saturated heterocycles. The van der Waals surface area contributed by atoms with Gasteiger partial charge in [-0.3, -0.25) is 9.59 Å². The lowest BCUT2D eigenvalue weighted by molar-refractivity contribution is -0.138. The van der Waals surface area contributed by atoms with Crippen LogP contribution in [-0.2, 0) is 9.59 Å². The first kappa shape index (κ1) is 16.0. The molecule has 110 valence electrons. The van der Waals surface area contributed by atoms with Crippen LogP contribution in [0.1, 0.15) is 59.8 Å². The first-order valence-electron chi connectivity index (χ1n) is 7.19. The summed E-state index contributed by atoms with van der Waals surface area (Å²) in [6, 6.07) is -0.212. The first-order valence-corrected chi connectivity index (χ1v) is 7.19. The monoisotopic (exact) mass is 269 g/mol. The quantitative estimate of drug-likeness (QED) is 0.824. The molecule has 2 N–H and O–H groups in total. The Hall–Kier alpha value is -1.06. The van der Waals surface area contributed by atoms with Crippen LogP contribution in [0.15, 0.2) is 0 Å². The number of carboxylic acid groups (broad SMARTS) is 1. The summed E-state index contributed by atoms with van der Waals surface area (Å²) >= 11 is 0. The molecule has 1 fully saturated rings.